The summed E-state index contributed by atoms with van der Waals surface area (Å²) in [5.74, 6) is 1.31. The van der Waals surface area contributed by atoms with Crippen molar-refractivity contribution in [3.8, 4) is 11.5 Å². The van der Waals surface area contributed by atoms with Gasteiger partial charge >= 0.3 is 0 Å². The van der Waals surface area contributed by atoms with Crippen molar-refractivity contribution in [2.24, 2.45) is 0 Å². The van der Waals surface area contributed by atoms with Crippen LogP contribution in [0.2, 0.25) is 5.02 Å². The van der Waals surface area contributed by atoms with Crippen molar-refractivity contribution < 1.29 is 14.3 Å². The lowest BCUT2D eigenvalue weighted by atomic mass is 10.2. The highest BCUT2D eigenvalue weighted by Gasteiger charge is 2.32. The smallest absolute Gasteiger partial charge is 0.266 e. The number of hydrogen-bond donors (Lipinski definition) is 0. The molecule has 0 spiro atoms. The summed E-state index contributed by atoms with van der Waals surface area (Å²) >= 11 is 12.7. The molecule has 0 unspecified atom stereocenters. The monoisotopic (exact) mass is 389 g/mol. The highest BCUT2D eigenvalue weighted by molar-refractivity contribution is 8.26. The summed E-state index contributed by atoms with van der Waals surface area (Å²) in [4.78, 5) is 14.9. The third-order valence-corrected chi connectivity index (χ3v) is 5.41. The molecule has 2 aromatic carbocycles. The molecule has 0 bridgehead atoms. The molecule has 7 heteroatoms. The van der Waals surface area contributed by atoms with E-state index >= 15 is 0 Å². The van der Waals surface area contributed by atoms with E-state index in [0.717, 1.165) is 16.9 Å². The summed E-state index contributed by atoms with van der Waals surface area (Å²) in [6.45, 7) is 0.621. The van der Waals surface area contributed by atoms with Gasteiger partial charge < -0.3 is 9.47 Å². The van der Waals surface area contributed by atoms with E-state index < -0.39 is 0 Å². The Balaban J connectivity index is 1.55. The van der Waals surface area contributed by atoms with Crippen molar-refractivity contribution >= 4 is 51.9 Å². The van der Waals surface area contributed by atoms with Crippen LogP contribution in [-0.2, 0) is 11.3 Å². The van der Waals surface area contributed by atoms with E-state index in [9.17, 15) is 4.79 Å². The Kier molecular flexibility index (Phi) is 4.41. The van der Waals surface area contributed by atoms with Crippen LogP contribution in [0.15, 0.2) is 47.4 Å². The highest BCUT2D eigenvalue weighted by Crippen LogP contribution is 2.36. The van der Waals surface area contributed by atoms with E-state index in [1.54, 1.807) is 11.0 Å². The van der Waals surface area contributed by atoms with Crippen LogP contribution < -0.4 is 9.47 Å². The standard InChI is InChI=1S/C18H12ClNO3S2/c19-13-3-1-2-11(6-13)8-16-17(21)20(18(24)25-16)9-12-4-5-14-15(7-12)23-10-22-14/h1-8H,9-10H2/b16-8-. The normalized spacial score (nSPS) is 17.6. The molecule has 0 aliphatic carbocycles. The summed E-state index contributed by atoms with van der Waals surface area (Å²) in [6.07, 6.45) is 1.81. The molecule has 2 aliphatic rings. The number of halogens is 1. The van der Waals surface area contributed by atoms with Gasteiger partial charge in [0, 0.05) is 5.02 Å². The van der Waals surface area contributed by atoms with Gasteiger partial charge in [0.25, 0.3) is 5.91 Å². The maximum Gasteiger partial charge on any atom is 0.266 e. The Morgan fingerprint density at radius 2 is 2.04 bits per heavy atom. The minimum absolute atomic E-state index is 0.104. The van der Waals surface area contributed by atoms with Crippen LogP contribution in [0.4, 0.5) is 0 Å². The second-order valence-corrected chi connectivity index (χ2v) is 7.62. The van der Waals surface area contributed by atoms with Crippen LogP contribution in [0.5, 0.6) is 11.5 Å². The first-order chi connectivity index (χ1) is 12.1. The predicted molar refractivity (Wildman–Crippen MR) is 103 cm³/mol. The SMILES string of the molecule is O=C1/C(=C/c2cccc(Cl)c2)SC(=S)N1Cc1ccc2c(c1)OCO2. The van der Waals surface area contributed by atoms with Gasteiger partial charge in [-0.05, 0) is 41.5 Å². The van der Waals surface area contributed by atoms with Crippen LogP contribution in [0, 0.1) is 0 Å². The van der Waals surface area contributed by atoms with Gasteiger partial charge in [0.15, 0.2) is 11.5 Å². The van der Waals surface area contributed by atoms with Gasteiger partial charge in [0.1, 0.15) is 4.32 Å². The molecule has 0 N–H and O–H groups in total. The zero-order valence-electron chi connectivity index (χ0n) is 12.9. The largest absolute Gasteiger partial charge is 0.454 e. The van der Waals surface area contributed by atoms with Crippen LogP contribution in [-0.4, -0.2) is 21.9 Å². The number of carbonyl (C=O) groups is 1. The van der Waals surface area contributed by atoms with Crippen LogP contribution in [0.3, 0.4) is 0 Å². The fraction of sp³-hybridized carbons (Fsp3) is 0.111. The van der Waals surface area contributed by atoms with E-state index in [1.807, 2.05) is 42.5 Å². The number of carbonyl (C=O) groups excluding carboxylic acids is 1. The molecule has 126 valence electrons. The van der Waals surface area contributed by atoms with Gasteiger partial charge in [-0.15, -0.1) is 0 Å². The minimum Gasteiger partial charge on any atom is -0.454 e. The summed E-state index contributed by atoms with van der Waals surface area (Å²) in [7, 11) is 0. The zero-order valence-corrected chi connectivity index (χ0v) is 15.3. The molecule has 1 saturated heterocycles. The van der Waals surface area contributed by atoms with Gasteiger partial charge in [-0.3, -0.25) is 9.69 Å². The average Bonchev–Trinajstić information content (AvgIpc) is 3.15. The molecular weight excluding hydrogens is 378 g/mol. The molecule has 0 atom stereocenters. The molecule has 4 rings (SSSR count). The van der Waals surface area contributed by atoms with E-state index in [0.29, 0.717) is 26.5 Å². The first kappa shape index (κ1) is 16.4. The minimum atomic E-state index is -0.104. The average molecular weight is 390 g/mol. The van der Waals surface area contributed by atoms with Crippen LogP contribution in [0.25, 0.3) is 6.08 Å². The molecule has 2 aromatic rings. The van der Waals surface area contributed by atoms with E-state index in [2.05, 4.69) is 0 Å². The zero-order chi connectivity index (χ0) is 17.4. The lowest BCUT2D eigenvalue weighted by molar-refractivity contribution is -0.122. The molecule has 1 amide bonds. The fourth-order valence-corrected chi connectivity index (χ4v) is 4.06. The lowest BCUT2D eigenvalue weighted by Crippen LogP contribution is -2.27. The fourth-order valence-electron chi connectivity index (χ4n) is 2.61. The van der Waals surface area contributed by atoms with E-state index in [4.69, 9.17) is 33.3 Å². The number of thioether (sulfide) groups is 1. The van der Waals surface area contributed by atoms with Crippen molar-refractivity contribution in [1.29, 1.82) is 0 Å². The van der Waals surface area contributed by atoms with E-state index in [-0.39, 0.29) is 12.7 Å². The Morgan fingerprint density at radius 3 is 2.88 bits per heavy atom. The second kappa shape index (κ2) is 6.71. The summed E-state index contributed by atoms with van der Waals surface area (Å²) in [5.41, 5.74) is 1.81. The Hall–Kier alpha value is -2.02. The number of hydrogen-bond acceptors (Lipinski definition) is 5. The number of benzene rings is 2. The summed E-state index contributed by atoms with van der Waals surface area (Å²) < 4.78 is 11.2. The Morgan fingerprint density at radius 1 is 1.20 bits per heavy atom. The summed E-state index contributed by atoms with van der Waals surface area (Å²) in [6, 6.07) is 13.0. The second-order valence-electron chi connectivity index (χ2n) is 5.51. The van der Waals surface area contributed by atoms with Crippen molar-refractivity contribution in [3.63, 3.8) is 0 Å². The van der Waals surface area contributed by atoms with Gasteiger partial charge in [-0.1, -0.05) is 53.8 Å². The molecule has 25 heavy (non-hydrogen) atoms. The Labute approximate surface area is 159 Å². The van der Waals surface area contributed by atoms with Gasteiger partial charge in [-0.25, -0.2) is 0 Å². The topological polar surface area (TPSA) is 38.8 Å². The van der Waals surface area contributed by atoms with Crippen molar-refractivity contribution in [3.05, 3.63) is 63.5 Å². The molecule has 0 aromatic heterocycles. The molecule has 4 nitrogen and oxygen atoms in total. The van der Waals surface area contributed by atoms with Crippen LogP contribution in [0.1, 0.15) is 11.1 Å². The maximum atomic E-state index is 12.7. The predicted octanol–water partition coefficient (Wildman–Crippen LogP) is 4.47. The molecular formula is C18H12ClNO3S2. The van der Waals surface area contributed by atoms with Crippen molar-refractivity contribution in [1.82, 2.24) is 4.90 Å². The van der Waals surface area contributed by atoms with Gasteiger partial charge in [0.2, 0.25) is 6.79 Å². The van der Waals surface area contributed by atoms with Gasteiger partial charge in [-0.2, -0.15) is 0 Å². The lowest BCUT2D eigenvalue weighted by Gasteiger charge is -2.14. The van der Waals surface area contributed by atoms with Gasteiger partial charge in [0.05, 0.1) is 11.4 Å². The number of fused-ring (bicyclic) bond motifs is 1. The van der Waals surface area contributed by atoms with Crippen LogP contribution >= 0.6 is 35.6 Å². The number of ether oxygens (including phenoxy) is 2. The maximum absolute atomic E-state index is 12.7. The van der Waals surface area contributed by atoms with Crippen molar-refractivity contribution in [2.75, 3.05) is 6.79 Å². The van der Waals surface area contributed by atoms with Crippen molar-refractivity contribution in [2.45, 2.75) is 6.54 Å². The number of thiocarbonyl (C=S) groups is 1. The number of rotatable bonds is 3. The Bertz CT molecular complexity index is 913. The molecule has 2 aliphatic heterocycles. The number of nitrogens with zero attached hydrogens (tertiary/aromatic N) is 1. The molecule has 1 fully saturated rings. The number of amides is 1. The quantitative estimate of drug-likeness (QED) is 0.572. The first-order valence-electron chi connectivity index (χ1n) is 7.49. The van der Waals surface area contributed by atoms with E-state index in [1.165, 1.54) is 11.8 Å². The highest BCUT2D eigenvalue weighted by atomic mass is 35.5. The third kappa shape index (κ3) is 3.38. The third-order valence-electron chi connectivity index (χ3n) is 3.80. The summed E-state index contributed by atoms with van der Waals surface area (Å²) in [5, 5.41) is 0.629. The first-order valence-corrected chi connectivity index (χ1v) is 9.10. The molecule has 0 radical (unpaired) electrons. The molecule has 2 heterocycles. The molecule has 0 saturated carbocycles.